The first-order valence-electron chi connectivity index (χ1n) is 7.58. The zero-order valence-corrected chi connectivity index (χ0v) is 12.2. The molecule has 1 aromatic carbocycles. The number of imide groups is 1. The standard InChI is InChI=1S/C16H23N3O2/c17-16(21)19-15(20)14(12-8-4-3-5-9-12)18-13-10-6-1-2-7-11-13/h3-5,8-9,13-14,18H,1-2,6-7,10-11H2,(H3,17,19,20,21)/t14-/m0/s1. The normalized spacial score (nSPS) is 17.7. The molecule has 114 valence electrons. The zero-order valence-electron chi connectivity index (χ0n) is 12.2. The lowest BCUT2D eigenvalue weighted by Gasteiger charge is -2.24. The summed E-state index contributed by atoms with van der Waals surface area (Å²) in [6.07, 6.45) is 6.98. The van der Waals surface area contributed by atoms with Gasteiger partial charge < -0.3 is 5.73 Å². The minimum Gasteiger partial charge on any atom is -0.351 e. The fourth-order valence-electron chi connectivity index (χ4n) is 2.84. The number of carbonyl (C=O) groups excluding carboxylic acids is 2. The summed E-state index contributed by atoms with van der Waals surface area (Å²) in [6, 6.07) is 8.38. The predicted octanol–water partition coefficient (Wildman–Crippen LogP) is 2.23. The second kappa shape index (κ2) is 7.78. The van der Waals surface area contributed by atoms with Gasteiger partial charge in [0.2, 0.25) is 5.91 Å². The van der Waals surface area contributed by atoms with Crippen molar-refractivity contribution >= 4 is 11.9 Å². The van der Waals surface area contributed by atoms with Gasteiger partial charge in [-0.05, 0) is 18.4 Å². The number of primary amides is 1. The lowest BCUT2D eigenvalue weighted by atomic mass is 10.0. The number of urea groups is 1. The number of benzene rings is 1. The van der Waals surface area contributed by atoms with Crippen LogP contribution >= 0.6 is 0 Å². The van der Waals surface area contributed by atoms with Crippen molar-refractivity contribution in [1.82, 2.24) is 10.6 Å². The van der Waals surface area contributed by atoms with Crippen LogP contribution in [0.4, 0.5) is 4.79 Å². The summed E-state index contributed by atoms with van der Waals surface area (Å²) in [5.74, 6) is -0.391. The quantitative estimate of drug-likeness (QED) is 0.743. The predicted molar refractivity (Wildman–Crippen MR) is 81.5 cm³/mol. The van der Waals surface area contributed by atoms with Crippen molar-refractivity contribution in [3.8, 4) is 0 Å². The number of rotatable bonds is 4. The van der Waals surface area contributed by atoms with E-state index in [1.807, 2.05) is 30.3 Å². The van der Waals surface area contributed by atoms with E-state index in [1.165, 1.54) is 25.7 Å². The molecule has 0 aliphatic heterocycles. The molecular formula is C16H23N3O2. The molecule has 0 bridgehead atoms. The SMILES string of the molecule is NC(=O)NC(=O)[C@@H](NC1CCCCCC1)c1ccccc1. The van der Waals surface area contributed by atoms with Crippen molar-refractivity contribution < 1.29 is 9.59 Å². The molecule has 1 fully saturated rings. The summed E-state index contributed by atoms with van der Waals surface area (Å²) in [5, 5.41) is 5.58. The third-order valence-corrected chi connectivity index (χ3v) is 3.90. The van der Waals surface area contributed by atoms with E-state index in [2.05, 4.69) is 10.6 Å². The first-order chi connectivity index (χ1) is 10.2. The molecule has 0 radical (unpaired) electrons. The van der Waals surface area contributed by atoms with E-state index in [1.54, 1.807) is 0 Å². The van der Waals surface area contributed by atoms with Gasteiger partial charge in [0.15, 0.2) is 0 Å². The van der Waals surface area contributed by atoms with Gasteiger partial charge in [-0.25, -0.2) is 4.79 Å². The van der Waals surface area contributed by atoms with Crippen LogP contribution in [-0.4, -0.2) is 18.0 Å². The smallest absolute Gasteiger partial charge is 0.318 e. The van der Waals surface area contributed by atoms with Gasteiger partial charge in [-0.15, -0.1) is 0 Å². The van der Waals surface area contributed by atoms with Crippen molar-refractivity contribution in [2.24, 2.45) is 5.73 Å². The molecule has 5 heteroatoms. The van der Waals surface area contributed by atoms with E-state index >= 15 is 0 Å². The Hall–Kier alpha value is -1.88. The number of carbonyl (C=O) groups is 2. The number of hydrogen-bond donors (Lipinski definition) is 3. The fourth-order valence-corrected chi connectivity index (χ4v) is 2.84. The van der Waals surface area contributed by atoms with Crippen LogP contribution in [0.5, 0.6) is 0 Å². The summed E-state index contributed by atoms with van der Waals surface area (Å²) in [6.45, 7) is 0. The number of amides is 3. The molecule has 4 N–H and O–H groups in total. The van der Waals surface area contributed by atoms with Gasteiger partial charge in [-0.2, -0.15) is 0 Å². The second-order valence-corrected chi connectivity index (χ2v) is 5.55. The molecule has 1 aliphatic carbocycles. The van der Waals surface area contributed by atoms with Crippen molar-refractivity contribution in [1.29, 1.82) is 0 Å². The van der Waals surface area contributed by atoms with Gasteiger partial charge in [0.1, 0.15) is 6.04 Å². The van der Waals surface area contributed by atoms with Crippen molar-refractivity contribution in [2.75, 3.05) is 0 Å². The van der Waals surface area contributed by atoms with E-state index in [0.717, 1.165) is 18.4 Å². The monoisotopic (exact) mass is 289 g/mol. The third kappa shape index (κ3) is 4.86. The van der Waals surface area contributed by atoms with Crippen LogP contribution in [0.2, 0.25) is 0 Å². The van der Waals surface area contributed by atoms with Gasteiger partial charge in [-0.3, -0.25) is 15.4 Å². The molecule has 0 unspecified atom stereocenters. The molecule has 1 aromatic rings. The Morgan fingerprint density at radius 1 is 1.05 bits per heavy atom. The van der Waals surface area contributed by atoms with Gasteiger partial charge in [-0.1, -0.05) is 56.0 Å². The molecular weight excluding hydrogens is 266 g/mol. The molecule has 1 atom stereocenters. The van der Waals surface area contributed by atoms with Crippen LogP contribution < -0.4 is 16.4 Å². The minimum atomic E-state index is -0.816. The number of nitrogens with two attached hydrogens (primary N) is 1. The van der Waals surface area contributed by atoms with Gasteiger partial charge in [0.05, 0.1) is 0 Å². The zero-order chi connectivity index (χ0) is 15.1. The lowest BCUT2D eigenvalue weighted by Crippen LogP contribution is -2.45. The van der Waals surface area contributed by atoms with E-state index in [-0.39, 0.29) is 0 Å². The van der Waals surface area contributed by atoms with Gasteiger partial charge >= 0.3 is 6.03 Å². The van der Waals surface area contributed by atoms with Crippen LogP contribution in [-0.2, 0) is 4.79 Å². The van der Waals surface area contributed by atoms with Crippen LogP contribution in [0.15, 0.2) is 30.3 Å². The maximum atomic E-state index is 12.2. The van der Waals surface area contributed by atoms with Crippen LogP contribution in [0, 0.1) is 0 Å². The highest BCUT2D eigenvalue weighted by Crippen LogP contribution is 2.21. The Bertz CT molecular complexity index is 468. The minimum absolute atomic E-state index is 0.302. The maximum absolute atomic E-state index is 12.2. The Labute approximate surface area is 125 Å². The largest absolute Gasteiger partial charge is 0.351 e. The van der Waals surface area contributed by atoms with Gasteiger partial charge in [0.25, 0.3) is 0 Å². The number of hydrogen-bond acceptors (Lipinski definition) is 3. The Morgan fingerprint density at radius 2 is 1.67 bits per heavy atom. The Morgan fingerprint density at radius 3 is 2.24 bits per heavy atom. The van der Waals surface area contributed by atoms with Gasteiger partial charge in [0, 0.05) is 6.04 Å². The molecule has 0 heterocycles. The third-order valence-electron chi connectivity index (χ3n) is 3.90. The van der Waals surface area contributed by atoms with E-state index in [4.69, 9.17) is 5.73 Å². The van der Waals surface area contributed by atoms with E-state index in [9.17, 15) is 9.59 Å². The molecule has 0 spiro atoms. The van der Waals surface area contributed by atoms with E-state index < -0.39 is 18.0 Å². The highest BCUT2D eigenvalue weighted by atomic mass is 16.2. The highest BCUT2D eigenvalue weighted by Gasteiger charge is 2.25. The summed E-state index contributed by atoms with van der Waals surface area (Å²) >= 11 is 0. The highest BCUT2D eigenvalue weighted by molar-refractivity contribution is 5.96. The topological polar surface area (TPSA) is 84.2 Å². The molecule has 1 aliphatic rings. The summed E-state index contributed by atoms with van der Waals surface area (Å²) in [7, 11) is 0. The maximum Gasteiger partial charge on any atom is 0.318 e. The molecule has 2 rings (SSSR count). The summed E-state index contributed by atoms with van der Waals surface area (Å²) in [5.41, 5.74) is 5.92. The molecule has 0 aromatic heterocycles. The average Bonchev–Trinajstić information content (AvgIpc) is 2.73. The van der Waals surface area contributed by atoms with Crippen LogP contribution in [0.3, 0.4) is 0 Å². The van der Waals surface area contributed by atoms with Crippen molar-refractivity contribution in [3.05, 3.63) is 35.9 Å². The molecule has 21 heavy (non-hydrogen) atoms. The van der Waals surface area contributed by atoms with Crippen LogP contribution in [0.1, 0.15) is 50.1 Å². The van der Waals surface area contributed by atoms with Crippen molar-refractivity contribution in [3.63, 3.8) is 0 Å². The van der Waals surface area contributed by atoms with E-state index in [0.29, 0.717) is 6.04 Å². The fraction of sp³-hybridized carbons (Fsp3) is 0.500. The first-order valence-corrected chi connectivity index (χ1v) is 7.58. The summed E-state index contributed by atoms with van der Waals surface area (Å²) < 4.78 is 0. The second-order valence-electron chi connectivity index (χ2n) is 5.55. The molecule has 0 saturated heterocycles. The molecule has 3 amide bonds. The summed E-state index contributed by atoms with van der Waals surface area (Å²) in [4.78, 5) is 23.2. The Balaban J connectivity index is 2.11. The number of nitrogens with one attached hydrogen (secondary N) is 2. The molecule has 5 nitrogen and oxygen atoms in total. The molecule has 1 saturated carbocycles. The Kier molecular flexibility index (Phi) is 5.75. The lowest BCUT2D eigenvalue weighted by molar-refractivity contribution is -0.122. The van der Waals surface area contributed by atoms with Crippen LogP contribution in [0.25, 0.3) is 0 Å². The average molecular weight is 289 g/mol. The van der Waals surface area contributed by atoms with Crippen molar-refractivity contribution in [2.45, 2.75) is 50.6 Å². The first kappa shape index (κ1) is 15.5.